The molecule has 1 aliphatic carbocycles. The molecule has 0 amide bonds. The first-order valence-corrected chi connectivity index (χ1v) is 16.4. The van der Waals surface area contributed by atoms with Crippen molar-refractivity contribution in [2.75, 3.05) is 0 Å². The lowest BCUT2D eigenvalue weighted by Crippen LogP contribution is -2.30. The summed E-state index contributed by atoms with van der Waals surface area (Å²) in [7, 11) is 0. The Labute approximate surface area is 273 Å². The summed E-state index contributed by atoms with van der Waals surface area (Å²) in [5, 5.41) is 6.42. The van der Waals surface area contributed by atoms with Gasteiger partial charge in [0, 0.05) is 49.2 Å². The third-order valence-corrected chi connectivity index (χ3v) is 9.40. The standard InChI is InChI=1S/C44H33N3/c1-4-15-31(16-5-1)30-45-42(32-17-6-2-7-18-32)33-19-14-22-35(29-33)47-41-26-13-11-24-37(41)39-28-27-38-36-23-10-12-25-40(36)46(43(38)44(39)47)34-20-8-3-9-21-34/h1-9,11,13-29H,10,12,30H2. The van der Waals surface area contributed by atoms with Crippen molar-refractivity contribution in [3.05, 3.63) is 179 Å². The SMILES string of the molecule is C1=c2c(n(-c3ccccc3)c3c2ccc2c4ccccc4n(-c4cccc(C(=NCc5ccccc5)c5ccccc5)c4)c23)=CCC1. The zero-order valence-corrected chi connectivity index (χ0v) is 26.1. The number of fused-ring (bicyclic) bond motifs is 7. The molecule has 8 aromatic rings. The van der Waals surface area contributed by atoms with E-state index in [9.17, 15) is 0 Å². The highest BCUT2D eigenvalue weighted by molar-refractivity contribution is 6.19. The summed E-state index contributed by atoms with van der Waals surface area (Å²) < 4.78 is 4.96. The highest BCUT2D eigenvalue weighted by Gasteiger charge is 2.21. The van der Waals surface area contributed by atoms with Gasteiger partial charge in [-0.3, -0.25) is 4.99 Å². The van der Waals surface area contributed by atoms with Gasteiger partial charge in [0.05, 0.1) is 28.8 Å². The lowest BCUT2D eigenvalue weighted by Gasteiger charge is -2.14. The topological polar surface area (TPSA) is 22.2 Å². The van der Waals surface area contributed by atoms with Crippen LogP contribution in [-0.2, 0) is 6.54 Å². The second-order valence-corrected chi connectivity index (χ2v) is 12.2. The van der Waals surface area contributed by atoms with Gasteiger partial charge in [-0.1, -0.05) is 133 Å². The van der Waals surface area contributed by atoms with E-state index in [1.165, 1.54) is 54.5 Å². The number of nitrogens with zero attached hydrogens (tertiary/aromatic N) is 3. The van der Waals surface area contributed by atoms with E-state index in [0.717, 1.165) is 35.4 Å². The van der Waals surface area contributed by atoms with Crippen LogP contribution in [0.3, 0.4) is 0 Å². The minimum Gasteiger partial charge on any atom is -0.308 e. The molecule has 0 bridgehead atoms. The van der Waals surface area contributed by atoms with Crippen molar-refractivity contribution in [3.8, 4) is 11.4 Å². The number of para-hydroxylation sites is 2. The Bertz CT molecular complexity index is 2570. The van der Waals surface area contributed by atoms with Crippen molar-refractivity contribution >= 4 is 50.6 Å². The average molecular weight is 604 g/mol. The van der Waals surface area contributed by atoms with Gasteiger partial charge in [0.15, 0.2) is 0 Å². The Morgan fingerprint density at radius 1 is 0.511 bits per heavy atom. The van der Waals surface area contributed by atoms with Gasteiger partial charge in [-0.05, 0) is 48.7 Å². The van der Waals surface area contributed by atoms with Crippen molar-refractivity contribution in [3.63, 3.8) is 0 Å². The molecule has 0 fully saturated rings. The van der Waals surface area contributed by atoms with Crippen LogP contribution in [0.2, 0.25) is 0 Å². The normalized spacial score (nSPS) is 13.1. The van der Waals surface area contributed by atoms with Gasteiger partial charge in [0.1, 0.15) is 0 Å². The molecule has 0 spiro atoms. The predicted octanol–water partition coefficient (Wildman–Crippen LogP) is 9.12. The second-order valence-electron chi connectivity index (χ2n) is 12.2. The molecule has 47 heavy (non-hydrogen) atoms. The van der Waals surface area contributed by atoms with Crippen LogP contribution in [0.1, 0.15) is 29.5 Å². The molecule has 0 atom stereocenters. The van der Waals surface area contributed by atoms with E-state index in [1.54, 1.807) is 0 Å². The minimum absolute atomic E-state index is 0.619. The molecule has 6 aromatic carbocycles. The average Bonchev–Trinajstić information content (AvgIpc) is 3.66. The van der Waals surface area contributed by atoms with Crippen molar-refractivity contribution < 1.29 is 0 Å². The fourth-order valence-electron chi connectivity index (χ4n) is 7.33. The van der Waals surface area contributed by atoms with E-state index in [-0.39, 0.29) is 0 Å². The first-order chi connectivity index (χ1) is 23.3. The number of rotatable bonds is 6. The van der Waals surface area contributed by atoms with E-state index in [1.807, 2.05) is 0 Å². The van der Waals surface area contributed by atoms with Gasteiger partial charge < -0.3 is 9.13 Å². The van der Waals surface area contributed by atoms with Crippen LogP contribution in [0.4, 0.5) is 0 Å². The van der Waals surface area contributed by atoms with Crippen molar-refractivity contribution in [2.24, 2.45) is 4.99 Å². The molecule has 9 rings (SSSR count). The summed E-state index contributed by atoms with van der Waals surface area (Å²) in [5.74, 6) is 0. The van der Waals surface area contributed by atoms with Crippen LogP contribution in [0.25, 0.3) is 56.2 Å². The Morgan fingerprint density at radius 3 is 1.98 bits per heavy atom. The molecule has 0 aliphatic heterocycles. The molecule has 0 unspecified atom stereocenters. The summed E-state index contributed by atoms with van der Waals surface area (Å²) >= 11 is 0. The predicted molar refractivity (Wildman–Crippen MR) is 197 cm³/mol. The van der Waals surface area contributed by atoms with E-state index in [2.05, 4.69) is 173 Å². The lowest BCUT2D eigenvalue weighted by atomic mass is 10.0. The van der Waals surface area contributed by atoms with Crippen molar-refractivity contribution in [1.82, 2.24) is 9.13 Å². The van der Waals surface area contributed by atoms with Gasteiger partial charge in [0.25, 0.3) is 0 Å². The van der Waals surface area contributed by atoms with Crippen LogP contribution in [-0.4, -0.2) is 14.8 Å². The largest absolute Gasteiger partial charge is 0.308 e. The number of aliphatic imine (C=N–C) groups is 1. The first-order valence-electron chi connectivity index (χ1n) is 16.4. The highest BCUT2D eigenvalue weighted by Crippen LogP contribution is 2.37. The zero-order chi connectivity index (χ0) is 31.2. The molecule has 3 heteroatoms. The Hall–Kier alpha value is -5.93. The number of benzene rings is 6. The second kappa shape index (κ2) is 11.5. The lowest BCUT2D eigenvalue weighted by molar-refractivity contribution is 1.02. The Balaban J connectivity index is 1.35. The van der Waals surface area contributed by atoms with Gasteiger partial charge in [-0.2, -0.15) is 0 Å². The monoisotopic (exact) mass is 603 g/mol. The van der Waals surface area contributed by atoms with E-state index in [0.29, 0.717) is 6.54 Å². The molecule has 3 nitrogen and oxygen atoms in total. The quantitative estimate of drug-likeness (QED) is 0.169. The Kier molecular flexibility index (Phi) is 6.68. The van der Waals surface area contributed by atoms with E-state index in [4.69, 9.17) is 4.99 Å². The summed E-state index contributed by atoms with van der Waals surface area (Å²) in [6.45, 7) is 0.619. The molecular weight excluding hydrogens is 571 g/mol. The van der Waals surface area contributed by atoms with Crippen molar-refractivity contribution in [1.29, 1.82) is 0 Å². The summed E-state index contributed by atoms with van der Waals surface area (Å²) in [6, 6.07) is 54.3. The van der Waals surface area contributed by atoms with Crippen LogP contribution in [0.5, 0.6) is 0 Å². The highest BCUT2D eigenvalue weighted by atomic mass is 15.0. The van der Waals surface area contributed by atoms with Crippen LogP contribution < -0.4 is 10.6 Å². The maximum Gasteiger partial charge on any atom is 0.0788 e. The molecule has 0 radical (unpaired) electrons. The van der Waals surface area contributed by atoms with Crippen molar-refractivity contribution in [2.45, 2.75) is 19.4 Å². The number of hydrogen-bond donors (Lipinski definition) is 0. The van der Waals surface area contributed by atoms with Crippen LogP contribution >= 0.6 is 0 Å². The van der Waals surface area contributed by atoms with Crippen LogP contribution in [0, 0.1) is 0 Å². The fraction of sp³-hybridized carbons (Fsp3) is 0.0682. The Morgan fingerprint density at radius 2 is 1.15 bits per heavy atom. The summed E-state index contributed by atoms with van der Waals surface area (Å²) in [4.78, 5) is 5.22. The zero-order valence-electron chi connectivity index (χ0n) is 26.1. The molecular formula is C44H33N3. The molecule has 0 saturated heterocycles. The van der Waals surface area contributed by atoms with Gasteiger partial charge in [-0.15, -0.1) is 0 Å². The maximum atomic E-state index is 5.22. The number of hydrogen-bond acceptors (Lipinski definition) is 1. The smallest absolute Gasteiger partial charge is 0.0788 e. The molecule has 0 N–H and O–H groups in total. The summed E-state index contributed by atoms with van der Waals surface area (Å²) in [5.41, 5.74) is 10.4. The maximum absolute atomic E-state index is 5.22. The molecule has 224 valence electrons. The molecule has 1 aliphatic rings. The van der Waals surface area contributed by atoms with Gasteiger partial charge in [-0.25, -0.2) is 0 Å². The molecule has 0 saturated carbocycles. The fourth-order valence-corrected chi connectivity index (χ4v) is 7.33. The van der Waals surface area contributed by atoms with Gasteiger partial charge in [0.2, 0.25) is 0 Å². The minimum atomic E-state index is 0.619. The summed E-state index contributed by atoms with van der Waals surface area (Å²) in [6.07, 6.45) is 6.95. The van der Waals surface area contributed by atoms with Crippen LogP contribution in [0.15, 0.2) is 157 Å². The molecule has 2 aromatic heterocycles. The van der Waals surface area contributed by atoms with Gasteiger partial charge >= 0.3 is 0 Å². The molecule has 2 heterocycles. The third-order valence-electron chi connectivity index (χ3n) is 9.40. The third kappa shape index (κ3) is 4.62. The van der Waals surface area contributed by atoms with E-state index < -0.39 is 0 Å². The first kappa shape index (κ1) is 27.4. The number of aromatic nitrogens is 2. The van der Waals surface area contributed by atoms with E-state index >= 15 is 0 Å².